The van der Waals surface area contributed by atoms with Gasteiger partial charge in [-0.1, -0.05) is 0 Å². The van der Waals surface area contributed by atoms with Gasteiger partial charge >= 0.3 is 0 Å². The molecule has 1 unspecified atom stereocenters. The number of aromatic nitrogens is 2. The van der Waals surface area contributed by atoms with E-state index < -0.39 is 0 Å². The van der Waals surface area contributed by atoms with Gasteiger partial charge in [0.15, 0.2) is 0 Å². The molecule has 1 aliphatic rings. The summed E-state index contributed by atoms with van der Waals surface area (Å²) >= 11 is 0. The summed E-state index contributed by atoms with van der Waals surface area (Å²) in [5, 5.41) is 0. The maximum Gasteiger partial charge on any atom is 0.272 e. The summed E-state index contributed by atoms with van der Waals surface area (Å²) in [7, 11) is 3.97. The molecule has 1 saturated heterocycles. The number of hydrogen-bond donors (Lipinski definition) is 0. The standard InChI is InChI=1S/C19H24N4O/c1-22-12-3-4-18(22)16-7-11-21-17(14-16)19(24)23(2)13-8-15-5-9-20-10-6-15/h5-7,9-11,14,18H,3-4,8,12-13H2,1-2H3. The van der Waals surface area contributed by atoms with Crippen molar-refractivity contribution in [1.29, 1.82) is 0 Å². The molecule has 0 N–H and O–H groups in total. The van der Waals surface area contributed by atoms with Crippen LogP contribution in [-0.4, -0.2) is 52.9 Å². The summed E-state index contributed by atoms with van der Waals surface area (Å²) in [5.41, 5.74) is 2.90. The molecule has 1 fully saturated rings. The van der Waals surface area contributed by atoms with E-state index >= 15 is 0 Å². The summed E-state index contributed by atoms with van der Waals surface area (Å²) in [6, 6.07) is 8.35. The second-order valence-electron chi connectivity index (χ2n) is 6.45. The number of likely N-dealkylation sites (N-methyl/N-ethyl adjacent to an activating group) is 1. The molecule has 2 aromatic heterocycles. The Bertz CT molecular complexity index is 689. The van der Waals surface area contributed by atoms with Crippen LogP contribution in [0.4, 0.5) is 0 Å². The first-order chi connectivity index (χ1) is 11.6. The summed E-state index contributed by atoms with van der Waals surface area (Å²) in [6.07, 6.45) is 8.48. The Morgan fingerprint density at radius 2 is 2.08 bits per heavy atom. The second-order valence-corrected chi connectivity index (χ2v) is 6.45. The Labute approximate surface area is 143 Å². The van der Waals surface area contributed by atoms with Crippen molar-refractivity contribution in [3.63, 3.8) is 0 Å². The lowest BCUT2D eigenvalue weighted by Gasteiger charge is -2.21. The predicted octanol–water partition coefficient (Wildman–Crippen LogP) is 2.56. The van der Waals surface area contributed by atoms with Crippen LogP contribution >= 0.6 is 0 Å². The molecule has 3 rings (SSSR count). The first kappa shape index (κ1) is 16.6. The Balaban J connectivity index is 1.65. The molecule has 0 radical (unpaired) electrons. The van der Waals surface area contributed by atoms with Crippen molar-refractivity contribution in [3.05, 3.63) is 59.7 Å². The zero-order valence-corrected chi connectivity index (χ0v) is 14.4. The van der Waals surface area contributed by atoms with E-state index in [2.05, 4.69) is 21.9 Å². The molecule has 5 nitrogen and oxygen atoms in total. The second kappa shape index (κ2) is 7.53. The van der Waals surface area contributed by atoms with E-state index in [0.29, 0.717) is 18.3 Å². The largest absolute Gasteiger partial charge is 0.340 e. The minimum Gasteiger partial charge on any atom is -0.340 e. The molecule has 5 heteroatoms. The SMILES string of the molecule is CN(CCc1ccncc1)C(=O)c1cc(C2CCCN2C)ccn1. The number of pyridine rings is 2. The van der Waals surface area contributed by atoms with Crippen molar-refractivity contribution in [2.45, 2.75) is 25.3 Å². The fourth-order valence-corrected chi connectivity index (χ4v) is 3.25. The summed E-state index contributed by atoms with van der Waals surface area (Å²) in [5.74, 6) is -0.0217. The Kier molecular flexibility index (Phi) is 5.20. The molecular formula is C19H24N4O. The van der Waals surface area contributed by atoms with Crippen LogP contribution in [0.3, 0.4) is 0 Å². The van der Waals surface area contributed by atoms with Crippen LogP contribution in [0.1, 0.15) is 40.5 Å². The molecule has 0 aromatic carbocycles. The number of likely N-dealkylation sites (tertiary alicyclic amines) is 1. The normalized spacial score (nSPS) is 17.8. The molecule has 1 aliphatic heterocycles. The van der Waals surface area contributed by atoms with Crippen LogP contribution in [0.15, 0.2) is 42.9 Å². The van der Waals surface area contributed by atoms with Gasteiger partial charge < -0.3 is 4.90 Å². The molecule has 0 bridgehead atoms. The van der Waals surface area contributed by atoms with Crippen LogP contribution in [0.5, 0.6) is 0 Å². The van der Waals surface area contributed by atoms with Gasteiger partial charge in [-0.15, -0.1) is 0 Å². The van der Waals surface area contributed by atoms with E-state index in [4.69, 9.17) is 0 Å². The van der Waals surface area contributed by atoms with Gasteiger partial charge in [0.1, 0.15) is 5.69 Å². The summed E-state index contributed by atoms with van der Waals surface area (Å²) in [4.78, 5) is 25.0. The van der Waals surface area contributed by atoms with Gasteiger partial charge in [0.05, 0.1) is 0 Å². The van der Waals surface area contributed by atoms with Crippen LogP contribution in [0.2, 0.25) is 0 Å². The third kappa shape index (κ3) is 3.79. The lowest BCUT2D eigenvalue weighted by atomic mass is 10.0. The van der Waals surface area contributed by atoms with Crippen molar-refractivity contribution >= 4 is 5.91 Å². The Morgan fingerprint density at radius 3 is 2.79 bits per heavy atom. The van der Waals surface area contributed by atoms with Crippen LogP contribution in [-0.2, 0) is 6.42 Å². The number of nitrogens with zero attached hydrogens (tertiary/aromatic N) is 4. The van der Waals surface area contributed by atoms with Gasteiger partial charge in [-0.3, -0.25) is 19.7 Å². The van der Waals surface area contributed by atoms with Crippen molar-refractivity contribution < 1.29 is 4.79 Å². The maximum atomic E-state index is 12.7. The van der Waals surface area contributed by atoms with E-state index in [1.165, 1.54) is 17.5 Å². The number of amides is 1. The van der Waals surface area contributed by atoms with Gasteiger partial charge in [-0.2, -0.15) is 0 Å². The highest BCUT2D eigenvalue weighted by molar-refractivity contribution is 5.92. The number of carbonyl (C=O) groups excluding carboxylic acids is 1. The van der Waals surface area contributed by atoms with Gasteiger partial charge in [0.2, 0.25) is 0 Å². The van der Waals surface area contributed by atoms with Gasteiger partial charge in [0, 0.05) is 38.2 Å². The first-order valence-corrected chi connectivity index (χ1v) is 8.45. The quantitative estimate of drug-likeness (QED) is 0.848. The fourth-order valence-electron chi connectivity index (χ4n) is 3.25. The molecule has 24 heavy (non-hydrogen) atoms. The van der Waals surface area contributed by atoms with Gasteiger partial charge in [-0.25, -0.2) is 0 Å². The van der Waals surface area contributed by atoms with Crippen LogP contribution in [0.25, 0.3) is 0 Å². The van der Waals surface area contributed by atoms with Crippen molar-refractivity contribution in [2.75, 3.05) is 27.2 Å². The Morgan fingerprint density at radius 1 is 1.29 bits per heavy atom. The summed E-state index contributed by atoms with van der Waals surface area (Å²) < 4.78 is 0. The van der Waals surface area contributed by atoms with E-state index in [1.807, 2.05) is 31.3 Å². The third-order valence-corrected chi connectivity index (χ3v) is 4.74. The van der Waals surface area contributed by atoms with Crippen molar-refractivity contribution in [1.82, 2.24) is 19.8 Å². The average Bonchev–Trinajstić information content (AvgIpc) is 3.06. The zero-order chi connectivity index (χ0) is 16.9. The van der Waals surface area contributed by atoms with E-state index in [-0.39, 0.29) is 5.91 Å². The minimum absolute atomic E-state index is 0.0217. The lowest BCUT2D eigenvalue weighted by Crippen LogP contribution is -2.29. The molecule has 3 heterocycles. The number of rotatable bonds is 5. The fraction of sp³-hybridized carbons (Fsp3) is 0.421. The molecule has 126 valence electrons. The van der Waals surface area contributed by atoms with E-state index in [1.54, 1.807) is 23.5 Å². The topological polar surface area (TPSA) is 49.3 Å². The molecule has 0 spiro atoms. The minimum atomic E-state index is -0.0217. The number of hydrogen-bond acceptors (Lipinski definition) is 4. The molecule has 1 amide bonds. The Hall–Kier alpha value is -2.27. The third-order valence-electron chi connectivity index (χ3n) is 4.74. The molecule has 0 aliphatic carbocycles. The summed E-state index contributed by atoms with van der Waals surface area (Å²) in [6.45, 7) is 1.78. The highest BCUT2D eigenvalue weighted by Crippen LogP contribution is 2.30. The molecule has 2 aromatic rings. The molecular weight excluding hydrogens is 300 g/mol. The van der Waals surface area contributed by atoms with E-state index in [0.717, 1.165) is 19.4 Å². The highest BCUT2D eigenvalue weighted by atomic mass is 16.2. The maximum absolute atomic E-state index is 12.7. The van der Waals surface area contributed by atoms with Gasteiger partial charge in [-0.05, 0) is 68.2 Å². The van der Waals surface area contributed by atoms with Crippen LogP contribution < -0.4 is 0 Å². The van der Waals surface area contributed by atoms with E-state index in [9.17, 15) is 4.79 Å². The number of carbonyl (C=O) groups is 1. The first-order valence-electron chi connectivity index (χ1n) is 8.45. The lowest BCUT2D eigenvalue weighted by molar-refractivity contribution is 0.0790. The van der Waals surface area contributed by atoms with Crippen molar-refractivity contribution in [3.8, 4) is 0 Å². The van der Waals surface area contributed by atoms with Crippen LogP contribution in [0, 0.1) is 0 Å². The van der Waals surface area contributed by atoms with Crippen molar-refractivity contribution in [2.24, 2.45) is 0 Å². The predicted molar refractivity (Wildman–Crippen MR) is 93.7 cm³/mol. The average molecular weight is 324 g/mol. The monoisotopic (exact) mass is 324 g/mol. The molecule has 0 saturated carbocycles. The van der Waals surface area contributed by atoms with Gasteiger partial charge in [0.25, 0.3) is 5.91 Å². The smallest absolute Gasteiger partial charge is 0.272 e. The molecule has 1 atom stereocenters. The highest BCUT2D eigenvalue weighted by Gasteiger charge is 2.24. The zero-order valence-electron chi connectivity index (χ0n) is 14.4.